The Hall–Kier alpha value is -2.74. The molecule has 0 aliphatic carbocycles. The lowest BCUT2D eigenvalue weighted by Gasteiger charge is -2.19. The molecule has 1 amide bonds. The number of nitrogens with one attached hydrogen (secondary N) is 2. The van der Waals surface area contributed by atoms with E-state index in [0.29, 0.717) is 11.1 Å². The SMILES string of the molecule is C/C(=C(/F)C(=O)NCc1ccc(NS(C)(=O)=O)c(F)c1)c1ccc(C(C)(C)C)cc1. The van der Waals surface area contributed by atoms with Crippen LogP contribution in [0.2, 0.25) is 0 Å². The van der Waals surface area contributed by atoms with Gasteiger partial charge in [0.2, 0.25) is 10.0 Å². The van der Waals surface area contributed by atoms with Crippen molar-refractivity contribution in [2.75, 3.05) is 11.0 Å². The predicted molar refractivity (Wildman–Crippen MR) is 116 cm³/mol. The first kappa shape index (κ1) is 23.5. The van der Waals surface area contributed by atoms with E-state index < -0.39 is 27.6 Å². The fourth-order valence-corrected chi connectivity index (χ4v) is 3.29. The summed E-state index contributed by atoms with van der Waals surface area (Å²) in [4.78, 5) is 12.2. The smallest absolute Gasteiger partial charge is 0.280 e. The second-order valence-electron chi connectivity index (χ2n) is 8.14. The van der Waals surface area contributed by atoms with Gasteiger partial charge in [-0.1, -0.05) is 51.1 Å². The van der Waals surface area contributed by atoms with Crippen LogP contribution in [0.4, 0.5) is 14.5 Å². The molecule has 0 heterocycles. The molecule has 0 radical (unpaired) electrons. The molecule has 0 aliphatic heterocycles. The molecule has 0 aromatic heterocycles. The summed E-state index contributed by atoms with van der Waals surface area (Å²) in [6.45, 7) is 7.63. The first-order chi connectivity index (χ1) is 13.8. The van der Waals surface area contributed by atoms with Gasteiger partial charge in [-0.05, 0) is 46.7 Å². The van der Waals surface area contributed by atoms with Crippen LogP contribution in [0.25, 0.3) is 5.57 Å². The van der Waals surface area contributed by atoms with E-state index in [-0.39, 0.29) is 23.2 Å². The highest BCUT2D eigenvalue weighted by atomic mass is 32.2. The van der Waals surface area contributed by atoms with Gasteiger partial charge in [0.15, 0.2) is 5.83 Å². The maximum atomic E-state index is 14.6. The lowest BCUT2D eigenvalue weighted by molar-refractivity contribution is -0.119. The van der Waals surface area contributed by atoms with E-state index in [9.17, 15) is 22.0 Å². The second-order valence-corrected chi connectivity index (χ2v) is 9.89. The van der Waals surface area contributed by atoms with Gasteiger partial charge in [0.25, 0.3) is 5.91 Å². The number of sulfonamides is 1. The topological polar surface area (TPSA) is 75.3 Å². The molecule has 2 N–H and O–H groups in total. The fourth-order valence-electron chi connectivity index (χ4n) is 2.73. The maximum Gasteiger partial charge on any atom is 0.280 e. The highest BCUT2D eigenvalue weighted by Crippen LogP contribution is 2.26. The Kier molecular flexibility index (Phi) is 7.02. The lowest BCUT2D eigenvalue weighted by Crippen LogP contribution is -2.23. The van der Waals surface area contributed by atoms with E-state index in [2.05, 4.69) is 26.1 Å². The Morgan fingerprint density at radius 3 is 2.17 bits per heavy atom. The average molecular weight is 437 g/mol. The summed E-state index contributed by atoms with van der Waals surface area (Å²) in [5, 5.41) is 2.40. The van der Waals surface area contributed by atoms with Gasteiger partial charge in [0.1, 0.15) is 5.82 Å². The number of rotatable bonds is 6. The number of hydrogen-bond donors (Lipinski definition) is 2. The van der Waals surface area contributed by atoms with Crippen LogP contribution >= 0.6 is 0 Å². The van der Waals surface area contributed by atoms with Crippen molar-refractivity contribution >= 4 is 27.2 Å². The zero-order valence-corrected chi connectivity index (χ0v) is 18.5. The van der Waals surface area contributed by atoms with E-state index in [1.165, 1.54) is 19.1 Å². The third kappa shape index (κ3) is 6.38. The van der Waals surface area contributed by atoms with Gasteiger partial charge in [-0.3, -0.25) is 9.52 Å². The summed E-state index contributed by atoms with van der Waals surface area (Å²) in [6, 6.07) is 11.1. The zero-order chi connectivity index (χ0) is 22.7. The van der Waals surface area contributed by atoms with Crippen molar-refractivity contribution in [3.63, 3.8) is 0 Å². The molecule has 8 heteroatoms. The largest absolute Gasteiger partial charge is 0.346 e. The highest BCUT2D eigenvalue weighted by molar-refractivity contribution is 7.92. The molecular weight excluding hydrogens is 410 g/mol. The van der Waals surface area contributed by atoms with Gasteiger partial charge in [-0.25, -0.2) is 17.2 Å². The molecule has 0 unspecified atom stereocenters. The third-order valence-corrected chi connectivity index (χ3v) is 5.09. The number of carbonyl (C=O) groups is 1. The fraction of sp³-hybridized carbons (Fsp3) is 0.318. The van der Waals surface area contributed by atoms with Crippen molar-refractivity contribution in [2.24, 2.45) is 0 Å². The number of halogens is 2. The van der Waals surface area contributed by atoms with Gasteiger partial charge in [0, 0.05) is 6.54 Å². The summed E-state index contributed by atoms with van der Waals surface area (Å²) in [5.74, 6) is -2.63. The first-order valence-corrected chi connectivity index (χ1v) is 11.2. The van der Waals surface area contributed by atoms with Crippen LogP contribution in [-0.4, -0.2) is 20.6 Å². The number of benzene rings is 2. The van der Waals surface area contributed by atoms with E-state index in [0.717, 1.165) is 17.9 Å². The minimum atomic E-state index is -3.61. The Bertz CT molecular complexity index is 1070. The van der Waals surface area contributed by atoms with E-state index in [1.807, 2.05) is 16.9 Å². The molecule has 30 heavy (non-hydrogen) atoms. The van der Waals surface area contributed by atoms with Crippen LogP contribution in [0.15, 0.2) is 48.3 Å². The molecule has 0 saturated carbocycles. The summed E-state index contributed by atoms with van der Waals surface area (Å²) in [5.41, 5.74) is 2.02. The van der Waals surface area contributed by atoms with Crippen molar-refractivity contribution in [2.45, 2.75) is 39.7 Å². The molecule has 0 spiro atoms. The highest BCUT2D eigenvalue weighted by Gasteiger charge is 2.16. The number of allylic oxidation sites excluding steroid dienone is 1. The molecule has 2 aromatic rings. The second kappa shape index (κ2) is 8.95. The maximum absolute atomic E-state index is 14.6. The molecule has 0 bridgehead atoms. The zero-order valence-electron chi connectivity index (χ0n) is 17.6. The van der Waals surface area contributed by atoms with Crippen molar-refractivity contribution in [3.8, 4) is 0 Å². The predicted octanol–water partition coefficient (Wildman–Crippen LogP) is 4.51. The van der Waals surface area contributed by atoms with Crippen LogP contribution in [0, 0.1) is 5.82 Å². The van der Waals surface area contributed by atoms with Gasteiger partial charge in [-0.15, -0.1) is 0 Å². The van der Waals surface area contributed by atoms with E-state index >= 15 is 0 Å². The minimum absolute atomic E-state index is 0.0340. The Morgan fingerprint density at radius 1 is 1.07 bits per heavy atom. The van der Waals surface area contributed by atoms with Crippen LogP contribution in [0.5, 0.6) is 0 Å². The quantitative estimate of drug-likeness (QED) is 0.654. The normalized spacial score (nSPS) is 12.9. The standard InChI is InChI=1S/C22H26F2N2O3S/c1-14(16-7-9-17(10-8-16)22(2,3)4)20(24)21(27)25-13-15-6-11-19(18(23)12-15)26-30(5,28)29/h6-12,26H,13H2,1-5H3,(H,25,27)/b20-14-. The molecule has 2 aromatic carbocycles. The monoisotopic (exact) mass is 436 g/mol. The Balaban J connectivity index is 2.09. The molecule has 2 rings (SSSR count). The van der Waals surface area contributed by atoms with Gasteiger partial charge >= 0.3 is 0 Å². The van der Waals surface area contributed by atoms with Crippen LogP contribution < -0.4 is 10.0 Å². The Morgan fingerprint density at radius 2 is 1.67 bits per heavy atom. The van der Waals surface area contributed by atoms with Gasteiger partial charge in [0.05, 0.1) is 11.9 Å². The average Bonchev–Trinajstić information content (AvgIpc) is 2.65. The summed E-state index contributed by atoms with van der Waals surface area (Å²) in [7, 11) is -3.61. The van der Waals surface area contributed by atoms with Gasteiger partial charge < -0.3 is 5.32 Å². The minimum Gasteiger partial charge on any atom is -0.346 e. The van der Waals surface area contributed by atoms with Crippen molar-refractivity contribution < 1.29 is 22.0 Å². The molecule has 0 saturated heterocycles. The molecule has 5 nitrogen and oxygen atoms in total. The molecule has 0 fully saturated rings. The number of amides is 1. The van der Waals surface area contributed by atoms with Crippen LogP contribution in [0.3, 0.4) is 0 Å². The van der Waals surface area contributed by atoms with E-state index in [4.69, 9.17) is 0 Å². The first-order valence-electron chi connectivity index (χ1n) is 9.29. The Labute approximate surface area is 176 Å². The molecule has 0 aliphatic rings. The molecular formula is C22H26F2N2O3S. The summed E-state index contributed by atoms with van der Waals surface area (Å²) < 4.78 is 53.0. The van der Waals surface area contributed by atoms with Gasteiger partial charge in [-0.2, -0.15) is 0 Å². The number of hydrogen-bond acceptors (Lipinski definition) is 3. The number of anilines is 1. The van der Waals surface area contributed by atoms with E-state index in [1.54, 1.807) is 12.1 Å². The van der Waals surface area contributed by atoms with Crippen molar-refractivity contribution in [1.82, 2.24) is 5.32 Å². The number of carbonyl (C=O) groups excluding carboxylic acids is 1. The lowest BCUT2D eigenvalue weighted by atomic mass is 9.86. The summed E-state index contributed by atoms with van der Waals surface area (Å²) >= 11 is 0. The van der Waals surface area contributed by atoms with Crippen LogP contribution in [-0.2, 0) is 26.8 Å². The van der Waals surface area contributed by atoms with Crippen molar-refractivity contribution in [3.05, 3.63) is 70.8 Å². The van der Waals surface area contributed by atoms with Crippen LogP contribution in [0.1, 0.15) is 44.4 Å². The molecule has 0 atom stereocenters. The molecule has 162 valence electrons. The van der Waals surface area contributed by atoms with Crippen molar-refractivity contribution in [1.29, 1.82) is 0 Å². The summed E-state index contributed by atoms with van der Waals surface area (Å²) in [6.07, 6.45) is 0.911. The third-order valence-electron chi connectivity index (χ3n) is 4.49.